The van der Waals surface area contributed by atoms with Crippen LogP contribution in [0.3, 0.4) is 0 Å². The molecule has 30 heavy (non-hydrogen) atoms. The third-order valence-electron chi connectivity index (χ3n) is 7.01. The molecular formula is C27H24N2O. The van der Waals surface area contributed by atoms with Gasteiger partial charge in [-0.2, -0.15) is 0 Å². The Bertz CT molecular complexity index is 1260. The van der Waals surface area contributed by atoms with Crippen LogP contribution >= 0.6 is 0 Å². The van der Waals surface area contributed by atoms with E-state index < -0.39 is 0 Å². The first-order valence-corrected chi connectivity index (χ1v) is 10.6. The van der Waals surface area contributed by atoms with Crippen LogP contribution in [-0.2, 0) is 24.8 Å². The van der Waals surface area contributed by atoms with Crippen molar-refractivity contribution in [2.45, 2.75) is 31.0 Å². The van der Waals surface area contributed by atoms with E-state index in [0.717, 1.165) is 13.0 Å². The number of para-hydroxylation sites is 1. The van der Waals surface area contributed by atoms with Crippen LogP contribution < -0.4 is 0 Å². The summed E-state index contributed by atoms with van der Waals surface area (Å²) in [6.45, 7) is 0.771. The maximum Gasteiger partial charge on any atom is 0.156 e. The van der Waals surface area contributed by atoms with Gasteiger partial charge >= 0.3 is 0 Å². The lowest BCUT2D eigenvalue weighted by atomic mass is 9.86. The Kier molecular flexibility index (Phi) is 3.78. The second kappa shape index (κ2) is 6.41. The second-order valence-electron chi connectivity index (χ2n) is 8.67. The minimum atomic E-state index is -0.381. The van der Waals surface area contributed by atoms with E-state index in [1.807, 2.05) is 0 Å². The number of carbonyl (C=O) groups excluding carboxylic acids is 1. The van der Waals surface area contributed by atoms with Gasteiger partial charge in [-0.1, -0.05) is 78.9 Å². The van der Waals surface area contributed by atoms with Gasteiger partial charge in [0.05, 0.1) is 11.6 Å². The number of hydrogen-bond acceptors (Lipinski definition) is 2. The number of hydrogen-bond donors (Lipinski definition) is 0. The van der Waals surface area contributed by atoms with E-state index in [9.17, 15) is 4.79 Å². The van der Waals surface area contributed by atoms with Crippen LogP contribution in [0.1, 0.15) is 34.8 Å². The molecule has 1 aromatic heterocycles. The molecule has 1 spiro atoms. The van der Waals surface area contributed by atoms with Gasteiger partial charge in [0.15, 0.2) is 5.78 Å². The number of rotatable bonds is 3. The maximum atomic E-state index is 12.9. The van der Waals surface area contributed by atoms with Gasteiger partial charge in [0.2, 0.25) is 0 Å². The molecule has 2 aliphatic rings. The Morgan fingerprint density at radius 1 is 0.867 bits per heavy atom. The van der Waals surface area contributed by atoms with Crippen molar-refractivity contribution < 1.29 is 4.79 Å². The molecule has 0 radical (unpaired) electrons. The zero-order chi connectivity index (χ0) is 20.3. The van der Waals surface area contributed by atoms with Crippen LogP contribution in [0.25, 0.3) is 10.9 Å². The predicted molar refractivity (Wildman–Crippen MR) is 119 cm³/mol. The van der Waals surface area contributed by atoms with Crippen LogP contribution in [0.15, 0.2) is 84.9 Å². The zero-order valence-electron chi connectivity index (χ0n) is 17.1. The Morgan fingerprint density at radius 2 is 1.50 bits per heavy atom. The minimum absolute atomic E-state index is 0.0546. The molecule has 3 aromatic carbocycles. The molecule has 0 unspecified atom stereocenters. The van der Waals surface area contributed by atoms with Crippen molar-refractivity contribution in [1.29, 1.82) is 0 Å². The third-order valence-corrected chi connectivity index (χ3v) is 7.01. The van der Waals surface area contributed by atoms with E-state index in [0.29, 0.717) is 12.2 Å². The highest BCUT2D eigenvalue weighted by Gasteiger charge is 2.62. The van der Waals surface area contributed by atoms with Crippen LogP contribution in [0.2, 0.25) is 0 Å². The van der Waals surface area contributed by atoms with Gasteiger partial charge in [-0.25, -0.2) is 0 Å². The van der Waals surface area contributed by atoms with E-state index in [1.54, 1.807) is 0 Å². The van der Waals surface area contributed by atoms with Gasteiger partial charge in [0.1, 0.15) is 0 Å². The van der Waals surface area contributed by atoms with E-state index in [1.165, 1.54) is 33.3 Å². The summed E-state index contributed by atoms with van der Waals surface area (Å²) in [5.41, 5.74) is 6.03. The van der Waals surface area contributed by atoms with E-state index >= 15 is 0 Å². The average molecular weight is 393 g/mol. The van der Waals surface area contributed by atoms with Crippen LogP contribution in [0, 0.1) is 0 Å². The van der Waals surface area contributed by atoms with Crippen molar-refractivity contribution in [3.8, 4) is 0 Å². The normalized spacial score (nSPS) is 23.1. The first kappa shape index (κ1) is 17.7. The van der Waals surface area contributed by atoms with Crippen LogP contribution in [0.5, 0.6) is 0 Å². The summed E-state index contributed by atoms with van der Waals surface area (Å²) in [5.74, 6) is 0.373. The fourth-order valence-electron chi connectivity index (χ4n) is 5.45. The lowest BCUT2D eigenvalue weighted by molar-refractivity contribution is -0.114. The molecule has 0 bridgehead atoms. The summed E-state index contributed by atoms with van der Waals surface area (Å²) in [5, 5.41) is 1.29. The molecule has 2 heterocycles. The molecule has 1 aliphatic heterocycles. The van der Waals surface area contributed by atoms with Crippen molar-refractivity contribution in [2.24, 2.45) is 7.05 Å². The number of Topliss-reactive ketones (excluding diaryl/α,β-unsaturated/α-hetero) is 1. The lowest BCUT2D eigenvalue weighted by Gasteiger charge is -2.42. The predicted octanol–water partition coefficient (Wildman–Crippen LogP) is 5.04. The summed E-state index contributed by atoms with van der Waals surface area (Å²) in [7, 11) is 2.17. The molecule has 2 atom stereocenters. The van der Waals surface area contributed by atoms with Gasteiger partial charge in [-0.3, -0.25) is 9.69 Å². The zero-order valence-corrected chi connectivity index (χ0v) is 17.1. The fraction of sp³-hybridized carbons (Fsp3) is 0.222. The largest absolute Gasteiger partial charge is 0.346 e. The smallest absolute Gasteiger partial charge is 0.156 e. The SMILES string of the molecule is Cn1c2c(c3ccccc31)C[C@]1(CC1=O)N(Cc1ccccc1)[C@@H]2c1ccccc1. The molecule has 148 valence electrons. The summed E-state index contributed by atoms with van der Waals surface area (Å²) < 4.78 is 2.35. The lowest BCUT2D eigenvalue weighted by Crippen LogP contribution is -2.47. The van der Waals surface area contributed by atoms with Crippen molar-refractivity contribution in [3.63, 3.8) is 0 Å². The highest BCUT2D eigenvalue weighted by Crippen LogP contribution is 2.54. The van der Waals surface area contributed by atoms with Crippen molar-refractivity contribution >= 4 is 16.7 Å². The van der Waals surface area contributed by atoms with E-state index in [2.05, 4.69) is 101 Å². The topological polar surface area (TPSA) is 25.2 Å². The molecule has 0 amide bonds. The Morgan fingerprint density at radius 3 is 2.20 bits per heavy atom. The fourth-order valence-corrected chi connectivity index (χ4v) is 5.45. The monoisotopic (exact) mass is 392 g/mol. The van der Waals surface area contributed by atoms with Crippen LogP contribution in [0.4, 0.5) is 0 Å². The molecule has 3 heteroatoms. The molecule has 3 nitrogen and oxygen atoms in total. The standard InChI is InChI=1S/C27H24N2O/c1-28-23-15-9-8-14-21(23)22-16-27(17-24(27)30)29(18-19-10-4-2-5-11-19)25(26(22)28)20-12-6-3-7-13-20/h2-15,25H,16-18H2,1H3/t25-,27-/m1/s1. The summed E-state index contributed by atoms with van der Waals surface area (Å²) in [4.78, 5) is 15.4. The Hall–Kier alpha value is -3.17. The van der Waals surface area contributed by atoms with Crippen molar-refractivity contribution in [2.75, 3.05) is 0 Å². The van der Waals surface area contributed by atoms with Gasteiger partial charge in [0, 0.05) is 43.0 Å². The molecule has 1 aliphatic carbocycles. The first-order valence-electron chi connectivity index (χ1n) is 10.6. The molecule has 4 aromatic rings. The van der Waals surface area contributed by atoms with Gasteiger partial charge in [-0.05, 0) is 22.8 Å². The minimum Gasteiger partial charge on any atom is -0.346 e. The Balaban J connectivity index is 1.61. The third kappa shape index (κ3) is 2.45. The highest BCUT2D eigenvalue weighted by atomic mass is 16.1. The summed E-state index contributed by atoms with van der Waals surface area (Å²) in [6.07, 6.45) is 1.45. The van der Waals surface area contributed by atoms with Crippen LogP contribution in [-0.4, -0.2) is 20.8 Å². The number of benzene rings is 3. The molecule has 0 saturated heterocycles. The molecule has 1 saturated carbocycles. The quantitative estimate of drug-likeness (QED) is 0.488. The second-order valence-corrected chi connectivity index (χ2v) is 8.67. The molecule has 6 rings (SSSR count). The van der Waals surface area contributed by atoms with Gasteiger partial charge in [-0.15, -0.1) is 0 Å². The summed E-state index contributed by atoms with van der Waals surface area (Å²) in [6, 6.07) is 29.9. The average Bonchev–Trinajstić information content (AvgIpc) is 3.35. The number of aromatic nitrogens is 1. The van der Waals surface area contributed by atoms with E-state index in [4.69, 9.17) is 0 Å². The molecular weight excluding hydrogens is 368 g/mol. The maximum absolute atomic E-state index is 12.9. The number of aryl methyl sites for hydroxylation is 1. The Labute approximate surface area is 176 Å². The number of ketones is 1. The number of carbonyl (C=O) groups is 1. The van der Waals surface area contributed by atoms with Gasteiger partial charge in [0.25, 0.3) is 0 Å². The molecule has 1 fully saturated rings. The molecule has 0 N–H and O–H groups in total. The summed E-state index contributed by atoms with van der Waals surface area (Å²) >= 11 is 0. The van der Waals surface area contributed by atoms with E-state index in [-0.39, 0.29) is 11.6 Å². The number of nitrogens with zero attached hydrogens (tertiary/aromatic N) is 2. The van der Waals surface area contributed by atoms with Crippen molar-refractivity contribution in [1.82, 2.24) is 9.47 Å². The highest BCUT2D eigenvalue weighted by molar-refractivity contribution is 6.06. The first-order chi connectivity index (χ1) is 14.7. The van der Waals surface area contributed by atoms with Crippen molar-refractivity contribution in [3.05, 3.63) is 107 Å². The number of fused-ring (bicyclic) bond motifs is 3. The van der Waals surface area contributed by atoms with Gasteiger partial charge < -0.3 is 4.57 Å².